The average Bonchev–Trinajstić information content (AvgIpc) is 2.78. The fourth-order valence-electron chi connectivity index (χ4n) is 2.69. The van der Waals surface area contributed by atoms with E-state index < -0.39 is 0 Å². The Balaban J connectivity index is 1.61. The maximum Gasteiger partial charge on any atom is 0.0922 e. The van der Waals surface area contributed by atoms with Crippen LogP contribution in [0.1, 0.15) is 5.69 Å². The Hall–Kier alpha value is -0.870. The van der Waals surface area contributed by atoms with Crippen molar-refractivity contribution in [2.45, 2.75) is 6.54 Å². The summed E-state index contributed by atoms with van der Waals surface area (Å²) in [6, 6.07) is 0. The minimum absolute atomic E-state index is 0.887. The zero-order valence-corrected chi connectivity index (χ0v) is 8.24. The predicted molar refractivity (Wildman–Crippen MR) is 53.7 cm³/mol. The van der Waals surface area contributed by atoms with E-state index in [4.69, 9.17) is 0 Å². The van der Waals surface area contributed by atoms with Crippen LogP contribution < -0.4 is 5.32 Å². The summed E-state index contributed by atoms with van der Waals surface area (Å²) in [4.78, 5) is 9.73. The van der Waals surface area contributed by atoms with Crippen LogP contribution in [0.5, 0.6) is 0 Å². The SMILES string of the molecule is c1ncc(CN2C[C@H]3CNC[C@H]3C2)[nH]1. The first-order valence-electron chi connectivity index (χ1n) is 5.32. The molecule has 2 aliphatic rings. The van der Waals surface area contributed by atoms with Crippen molar-refractivity contribution in [2.24, 2.45) is 11.8 Å². The molecule has 14 heavy (non-hydrogen) atoms. The fraction of sp³-hybridized carbons (Fsp3) is 0.700. The van der Waals surface area contributed by atoms with E-state index in [2.05, 4.69) is 20.2 Å². The highest BCUT2D eigenvalue weighted by Crippen LogP contribution is 2.26. The normalized spacial score (nSPS) is 32.3. The van der Waals surface area contributed by atoms with Gasteiger partial charge in [0.2, 0.25) is 0 Å². The van der Waals surface area contributed by atoms with Crippen LogP contribution in [0.4, 0.5) is 0 Å². The summed E-state index contributed by atoms with van der Waals surface area (Å²) in [5.41, 5.74) is 1.23. The van der Waals surface area contributed by atoms with Crippen molar-refractivity contribution in [2.75, 3.05) is 26.2 Å². The Labute approximate surface area is 83.7 Å². The summed E-state index contributed by atoms with van der Waals surface area (Å²) in [5, 5.41) is 3.46. The molecule has 1 aromatic heterocycles. The van der Waals surface area contributed by atoms with Gasteiger partial charge in [0.25, 0.3) is 0 Å². The van der Waals surface area contributed by atoms with Gasteiger partial charge in [0, 0.05) is 31.5 Å². The lowest BCUT2D eigenvalue weighted by atomic mass is 10.0. The zero-order chi connectivity index (χ0) is 9.38. The minimum atomic E-state index is 0.887. The number of nitrogens with zero attached hydrogens (tertiary/aromatic N) is 2. The van der Waals surface area contributed by atoms with Gasteiger partial charge in [0.05, 0.1) is 6.33 Å². The van der Waals surface area contributed by atoms with Crippen molar-refractivity contribution in [3.63, 3.8) is 0 Å². The number of rotatable bonds is 2. The van der Waals surface area contributed by atoms with Gasteiger partial charge in [-0.3, -0.25) is 4.90 Å². The van der Waals surface area contributed by atoms with Gasteiger partial charge < -0.3 is 10.3 Å². The van der Waals surface area contributed by atoms with Crippen LogP contribution >= 0.6 is 0 Å². The molecule has 0 amide bonds. The highest BCUT2D eigenvalue weighted by atomic mass is 15.2. The summed E-state index contributed by atoms with van der Waals surface area (Å²) in [5.74, 6) is 1.77. The minimum Gasteiger partial charge on any atom is -0.347 e. The standard InChI is InChI=1S/C10H16N4/c1-8-4-14(5-9(8)2-11-1)6-10-3-12-7-13-10/h3,7-9,11H,1-2,4-6H2,(H,12,13)/t8-,9+. The average molecular weight is 192 g/mol. The van der Waals surface area contributed by atoms with Crippen molar-refractivity contribution >= 4 is 0 Å². The predicted octanol–water partition coefficient (Wildman–Crippen LogP) is 0.0609. The molecular formula is C10H16N4. The first-order chi connectivity index (χ1) is 6.92. The maximum absolute atomic E-state index is 4.04. The van der Waals surface area contributed by atoms with Crippen molar-refractivity contribution in [1.29, 1.82) is 0 Å². The molecule has 0 bridgehead atoms. The number of fused-ring (bicyclic) bond motifs is 1. The molecule has 0 radical (unpaired) electrons. The fourth-order valence-corrected chi connectivity index (χ4v) is 2.69. The van der Waals surface area contributed by atoms with E-state index in [1.54, 1.807) is 6.33 Å². The number of likely N-dealkylation sites (tertiary alicyclic amines) is 1. The molecule has 76 valence electrons. The van der Waals surface area contributed by atoms with Gasteiger partial charge in [-0.05, 0) is 24.9 Å². The number of nitrogens with one attached hydrogen (secondary N) is 2. The smallest absolute Gasteiger partial charge is 0.0922 e. The van der Waals surface area contributed by atoms with Gasteiger partial charge in [-0.2, -0.15) is 0 Å². The molecule has 2 saturated heterocycles. The highest BCUT2D eigenvalue weighted by Gasteiger charge is 2.35. The van der Waals surface area contributed by atoms with Gasteiger partial charge in [-0.1, -0.05) is 0 Å². The van der Waals surface area contributed by atoms with Crippen LogP contribution in [0.3, 0.4) is 0 Å². The van der Waals surface area contributed by atoms with Crippen molar-refractivity contribution < 1.29 is 0 Å². The molecule has 2 fully saturated rings. The Morgan fingerprint density at radius 1 is 1.36 bits per heavy atom. The Morgan fingerprint density at radius 2 is 2.14 bits per heavy atom. The van der Waals surface area contributed by atoms with Crippen LogP contribution in [-0.2, 0) is 6.54 Å². The topological polar surface area (TPSA) is 44.0 Å². The summed E-state index contributed by atoms with van der Waals surface area (Å²) < 4.78 is 0. The molecule has 2 N–H and O–H groups in total. The van der Waals surface area contributed by atoms with Crippen LogP contribution in [0.2, 0.25) is 0 Å². The number of hydrogen-bond acceptors (Lipinski definition) is 3. The molecule has 2 aliphatic heterocycles. The molecular weight excluding hydrogens is 176 g/mol. The second-order valence-corrected chi connectivity index (χ2v) is 4.45. The van der Waals surface area contributed by atoms with E-state index in [-0.39, 0.29) is 0 Å². The molecule has 3 rings (SSSR count). The van der Waals surface area contributed by atoms with Crippen molar-refractivity contribution in [3.05, 3.63) is 18.2 Å². The molecule has 1 aromatic rings. The third kappa shape index (κ3) is 1.44. The Kier molecular flexibility index (Phi) is 2.03. The summed E-state index contributed by atoms with van der Waals surface area (Å²) in [6.07, 6.45) is 3.68. The molecule has 0 aromatic carbocycles. The van der Waals surface area contributed by atoms with Crippen LogP contribution in [-0.4, -0.2) is 41.0 Å². The van der Waals surface area contributed by atoms with Gasteiger partial charge >= 0.3 is 0 Å². The van der Waals surface area contributed by atoms with Crippen LogP contribution in [0.15, 0.2) is 12.5 Å². The third-order valence-corrected chi connectivity index (χ3v) is 3.41. The van der Waals surface area contributed by atoms with Gasteiger partial charge in [-0.15, -0.1) is 0 Å². The maximum atomic E-state index is 4.04. The molecule has 4 heteroatoms. The van der Waals surface area contributed by atoms with Gasteiger partial charge in [-0.25, -0.2) is 4.98 Å². The lowest BCUT2D eigenvalue weighted by molar-refractivity contribution is 0.302. The highest BCUT2D eigenvalue weighted by molar-refractivity contribution is 4.98. The molecule has 2 atom stereocenters. The lowest BCUT2D eigenvalue weighted by Gasteiger charge is -2.15. The van der Waals surface area contributed by atoms with E-state index in [1.807, 2.05) is 6.20 Å². The van der Waals surface area contributed by atoms with Crippen molar-refractivity contribution in [3.8, 4) is 0 Å². The Morgan fingerprint density at radius 3 is 2.79 bits per heavy atom. The molecule has 0 unspecified atom stereocenters. The van der Waals surface area contributed by atoms with Crippen molar-refractivity contribution in [1.82, 2.24) is 20.2 Å². The van der Waals surface area contributed by atoms with E-state index in [1.165, 1.54) is 31.9 Å². The second kappa shape index (κ2) is 3.37. The largest absolute Gasteiger partial charge is 0.347 e. The van der Waals surface area contributed by atoms with E-state index in [9.17, 15) is 0 Å². The summed E-state index contributed by atoms with van der Waals surface area (Å²) in [6.45, 7) is 5.95. The van der Waals surface area contributed by atoms with E-state index in [0.29, 0.717) is 0 Å². The van der Waals surface area contributed by atoms with Gasteiger partial charge in [0.15, 0.2) is 0 Å². The summed E-state index contributed by atoms with van der Waals surface area (Å²) >= 11 is 0. The molecule has 3 heterocycles. The van der Waals surface area contributed by atoms with E-state index in [0.717, 1.165) is 18.4 Å². The molecule has 0 saturated carbocycles. The number of H-pyrrole nitrogens is 1. The van der Waals surface area contributed by atoms with Gasteiger partial charge in [0.1, 0.15) is 0 Å². The first-order valence-corrected chi connectivity index (χ1v) is 5.32. The molecule has 0 aliphatic carbocycles. The lowest BCUT2D eigenvalue weighted by Crippen LogP contribution is -2.25. The van der Waals surface area contributed by atoms with Crippen LogP contribution in [0.25, 0.3) is 0 Å². The molecule has 0 spiro atoms. The summed E-state index contributed by atoms with van der Waals surface area (Å²) in [7, 11) is 0. The first kappa shape index (κ1) is 8.44. The quantitative estimate of drug-likeness (QED) is 0.696. The number of imidazole rings is 1. The number of aromatic nitrogens is 2. The monoisotopic (exact) mass is 192 g/mol. The molecule has 4 nitrogen and oxygen atoms in total. The number of aromatic amines is 1. The zero-order valence-electron chi connectivity index (χ0n) is 8.24. The second-order valence-electron chi connectivity index (χ2n) is 4.45. The third-order valence-electron chi connectivity index (χ3n) is 3.41. The van der Waals surface area contributed by atoms with Crippen LogP contribution in [0, 0.1) is 11.8 Å². The number of hydrogen-bond donors (Lipinski definition) is 2. The van der Waals surface area contributed by atoms with E-state index >= 15 is 0 Å². The Bertz CT molecular complexity index is 283.